The highest BCUT2D eigenvalue weighted by Gasteiger charge is 2.05. The molecule has 0 amide bonds. The predicted molar refractivity (Wildman–Crippen MR) is 57.9 cm³/mol. The van der Waals surface area contributed by atoms with Crippen LogP contribution in [0.1, 0.15) is 20.3 Å². The van der Waals surface area contributed by atoms with Gasteiger partial charge in [0.25, 0.3) is 0 Å². The first kappa shape index (κ1) is 11.8. The lowest BCUT2D eigenvalue weighted by atomic mass is 10.0. The number of anilines is 1. The van der Waals surface area contributed by atoms with Crippen LogP contribution >= 0.6 is 0 Å². The van der Waals surface area contributed by atoms with E-state index in [-0.39, 0.29) is 6.04 Å². The van der Waals surface area contributed by atoms with Gasteiger partial charge in [0.1, 0.15) is 0 Å². The number of halogens is 1. The Hall–Kier alpha value is -1.23. The predicted octanol–water partition coefficient (Wildman–Crippen LogP) is 1.40. The molecule has 15 heavy (non-hydrogen) atoms. The third-order valence-corrected chi connectivity index (χ3v) is 1.92. The van der Waals surface area contributed by atoms with Crippen LogP contribution in [0.4, 0.5) is 10.3 Å². The fourth-order valence-corrected chi connectivity index (χ4v) is 1.31. The molecule has 1 aromatic heterocycles. The molecule has 1 atom stereocenters. The third-order valence-electron chi connectivity index (χ3n) is 1.92. The Kier molecular flexibility index (Phi) is 4.42. The molecule has 1 unspecified atom stereocenters. The number of nitrogens with one attached hydrogen (secondary N) is 1. The van der Waals surface area contributed by atoms with Gasteiger partial charge in [0, 0.05) is 12.6 Å². The van der Waals surface area contributed by atoms with Crippen molar-refractivity contribution in [1.82, 2.24) is 9.97 Å². The van der Waals surface area contributed by atoms with E-state index in [1.807, 2.05) is 0 Å². The van der Waals surface area contributed by atoms with E-state index in [1.165, 1.54) is 0 Å². The highest BCUT2D eigenvalue weighted by molar-refractivity contribution is 5.22. The Balaban J connectivity index is 2.33. The SMILES string of the molecule is CC(C)CC(N)CNc1ncc(F)cn1. The molecule has 0 aliphatic carbocycles. The summed E-state index contributed by atoms with van der Waals surface area (Å²) in [6.45, 7) is 4.84. The largest absolute Gasteiger partial charge is 0.353 e. The monoisotopic (exact) mass is 212 g/mol. The van der Waals surface area contributed by atoms with E-state index in [1.54, 1.807) is 0 Å². The van der Waals surface area contributed by atoms with E-state index in [0.29, 0.717) is 18.4 Å². The molecule has 1 heterocycles. The maximum absolute atomic E-state index is 12.5. The molecule has 1 rings (SSSR count). The molecule has 0 fully saturated rings. The molecule has 3 N–H and O–H groups in total. The highest BCUT2D eigenvalue weighted by Crippen LogP contribution is 2.04. The average Bonchev–Trinajstić information content (AvgIpc) is 2.16. The molecule has 0 spiro atoms. The van der Waals surface area contributed by atoms with Gasteiger partial charge in [0.2, 0.25) is 5.95 Å². The molecule has 4 nitrogen and oxygen atoms in total. The van der Waals surface area contributed by atoms with Crippen LogP contribution in [0.15, 0.2) is 12.4 Å². The first-order valence-corrected chi connectivity index (χ1v) is 5.05. The fraction of sp³-hybridized carbons (Fsp3) is 0.600. The molecule has 0 radical (unpaired) electrons. The van der Waals surface area contributed by atoms with E-state index < -0.39 is 5.82 Å². The molecule has 84 valence electrons. The van der Waals surface area contributed by atoms with Gasteiger partial charge in [-0.25, -0.2) is 14.4 Å². The second kappa shape index (κ2) is 5.60. The molecular weight excluding hydrogens is 195 g/mol. The fourth-order valence-electron chi connectivity index (χ4n) is 1.31. The van der Waals surface area contributed by atoms with Crippen LogP contribution in [0.3, 0.4) is 0 Å². The van der Waals surface area contributed by atoms with Crippen LogP contribution in [-0.2, 0) is 0 Å². The minimum atomic E-state index is -0.438. The zero-order valence-corrected chi connectivity index (χ0v) is 9.07. The molecule has 0 bridgehead atoms. The molecule has 0 aromatic carbocycles. The molecule has 0 saturated carbocycles. The first-order chi connectivity index (χ1) is 7.08. The molecule has 1 aromatic rings. The number of aromatic nitrogens is 2. The Morgan fingerprint density at radius 2 is 2.00 bits per heavy atom. The molecule has 0 aliphatic heterocycles. The zero-order valence-electron chi connectivity index (χ0n) is 9.07. The number of rotatable bonds is 5. The molecule has 0 aliphatic rings. The lowest BCUT2D eigenvalue weighted by molar-refractivity contribution is 0.507. The van der Waals surface area contributed by atoms with Crippen LogP contribution < -0.4 is 11.1 Å². The molecule has 5 heteroatoms. The van der Waals surface area contributed by atoms with Crippen molar-refractivity contribution in [3.63, 3.8) is 0 Å². The standard InChI is InChI=1S/C10H17FN4/c1-7(2)3-9(12)6-15-10-13-4-8(11)5-14-10/h4-5,7,9H,3,6,12H2,1-2H3,(H,13,14,15). The summed E-state index contributed by atoms with van der Waals surface area (Å²) in [6.07, 6.45) is 3.20. The minimum Gasteiger partial charge on any atom is -0.353 e. The topological polar surface area (TPSA) is 63.8 Å². The van der Waals surface area contributed by atoms with Gasteiger partial charge in [-0.3, -0.25) is 0 Å². The first-order valence-electron chi connectivity index (χ1n) is 5.05. The van der Waals surface area contributed by atoms with E-state index in [0.717, 1.165) is 18.8 Å². The third kappa shape index (κ3) is 4.69. The van der Waals surface area contributed by atoms with Crippen LogP contribution in [0.5, 0.6) is 0 Å². The second-order valence-corrected chi connectivity index (χ2v) is 4.00. The van der Waals surface area contributed by atoms with Gasteiger partial charge in [0.15, 0.2) is 5.82 Å². The van der Waals surface area contributed by atoms with E-state index in [9.17, 15) is 4.39 Å². The normalized spacial score (nSPS) is 12.9. The Morgan fingerprint density at radius 1 is 1.40 bits per heavy atom. The summed E-state index contributed by atoms with van der Waals surface area (Å²) in [5.74, 6) is 0.540. The molecule has 0 saturated heterocycles. The summed E-state index contributed by atoms with van der Waals surface area (Å²) < 4.78 is 12.5. The van der Waals surface area contributed by atoms with Crippen LogP contribution in [0.25, 0.3) is 0 Å². The maximum atomic E-state index is 12.5. The molecular formula is C10H17FN4. The van der Waals surface area contributed by atoms with Crippen LogP contribution in [0.2, 0.25) is 0 Å². The Morgan fingerprint density at radius 3 is 2.53 bits per heavy atom. The van der Waals surface area contributed by atoms with Crippen molar-refractivity contribution in [3.8, 4) is 0 Å². The highest BCUT2D eigenvalue weighted by atomic mass is 19.1. The van der Waals surface area contributed by atoms with Crippen molar-refractivity contribution in [2.45, 2.75) is 26.3 Å². The lowest BCUT2D eigenvalue weighted by Gasteiger charge is -2.14. The Bertz CT molecular complexity index is 286. The van der Waals surface area contributed by atoms with Gasteiger partial charge in [-0.15, -0.1) is 0 Å². The Labute approximate surface area is 89.1 Å². The van der Waals surface area contributed by atoms with Crippen LogP contribution in [-0.4, -0.2) is 22.6 Å². The van der Waals surface area contributed by atoms with Crippen molar-refractivity contribution in [2.75, 3.05) is 11.9 Å². The van der Waals surface area contributed by atoms with E-state index in [4.69, 9.17) is 5.73 Å². The summed E-state index contributed by atoms with van der Waals surface area (Å²) >= 11 is 0. The second-order valence-electron chi connectivity index (χ2n) is 4.00. The van der Waals surface area contributed by atoms with E-state index in [2.05, 4.69) is 29.1 Å². The smallest absolute Gasteiger partial charge is 0.222 e. The number of nitrogens with two attached hydrogens (primary N) is 1. The van der Waals surface area contributed by atoms with Crippen molar-refractivity contribution in [2.24, 2.45) is 11.7 Å². The van der Waals surface area contributed by atoms with Crippen molar-refractivity contribution >= 4 is 5.95 Å². The summed E-state index contributed by atoms with van der Waals surface area (Å²) in [5.41, 5.74) is 5.86. The average molecular weight is 212 g/mol. The quantitative estimate of drug-likeness (QED) is 0.774. The van der Waals surface area contributed by atoms with Crippen molar-refractivity contribution in [1.29, 1.82) is 0 Å². The number of nitrogens with zero attached hydrogens (tertiary/aromatic N) is 2. The summed E-state index contributed by atoms with van der Waals surface area (Å²) in [4.78, 5) is 7.55. The van der Waals surface area contributed by atoms with Gasteiger partial charge in [-0.1, -0.05) is 13.8 Å². The van der Waals surface area contributed by atoms with Gasteiger partial charge < -0.3 is 11.1 Å². The van der Waals surface area contributed by atoms with Gasteiger partial charge in [-0.2, -0.15) is 0 Å². The van der Waals surface area contributed by atoms with E-state index >= 15 is 0 Å². The summed E-state index contributed by atoms with van der Waals surface area (Å²) in [7, 11) is 0. The van der Waals surface area contributed by atoms with Crippen molar-refractivity contribution in [3.05, 3.63) is 18.2 Å². The summed E-state index contributed by atoms with van der Waals surface area (Å²) in [5, 5.41) is 2.96. The lowest BCUT2D eigenvalue weighted by Crippen LogP contribution is -2.30. The number of hydrogen-bond acceptors (Lipinski definition) is 4. The maximum Gasteiger partial charge on any atom is 0.222 e. The zero-order chi connectivity index (χ0) is 11.3. The number of hydrogen-bond donors (Lipinski definition) is 2. The van der Waals surface area contributed by atoms with Crippen molar-refractivity contribution < 1.29 is 4.39 Å². The van der Waals surface area contributed by atoms with Crippen LogP contribution in [0, 0.1) is 11.7 Å². The van der Waals surface area contributed by atoms with Gasteiger partial charge in [-0.05, 0) is 12.3 Å². The minimum absolute atomic E-state index is 0.0682. The summed E-state index contributed by atoms with van der Waals surface area (Å²) in [6, 6.07) is 0.0682. The van der Waals surface area contributed by atoms with Gasteiger partial charge >= 0.3 is 0 Å². The van der Waals surface area contributed by atoms with Gasteiger partial charge in [0.05, 0.1) is 12.4 Å².